The van der Waals surface area contributed by atoms with Crippen molar-refractivity contribution in [1.82, 2.24) is 0 Å². The number of nitrogens with two attached hydrogens (primary N) is 1. The zero-order chi connectivity index (χ0) is 9.90. The van der Waals surface area contributed by atoms with Crippen molar-refractivity contribution in [3.63, 3.8) is 0 Å². The molecule has 0 bridgehead atoms. The second kappa shape index (κ2) is 5.49. The van der Waals surface area contributed by atoms with E-state index in [1.807, 2.05) is 12.1 Å². The van der Waals surface area contributed by atoms with Gasteiger partial charge in [-0.05, 0) is 23.8 Å². The van der Waals surface area contributed by atoms with Crippen LogP contribution in [-0.4, -0.2) is 14.2 Å². The average molecular weight is 234 g/mol. The average Bonchev–Trinajstić information content (AvgIpc) is 2.09. The van der Waals surface area contributed by atoms with Crippen molar-refractivity contribution in [2.24, 2.45) is 5.73 Å². The highest BCUT2D eigenvalue weighted by Crippen LogP contribution is 2.13. The summed E-state index contributed by atoms with van der Waals surface area (Å²) in [6.45, 7) is 4.36. The number of hydrogen-bond donors (Lipinski definition) is 1. The molecule has 0 spiro atoms. The van der Waals surface area contributed by atoms with Gasteiger partial charge in [0.2, 0.25) is 0 Å². The van der Waals surface area contributed by atoms with Crippen LogP contribution in [0.5, 0.6) is 0 Å². The maximum absolute atomic E-state index is 13.2. The van der Waals surface area contributed by atoms with Gasteiger partial charge in [0.1, 0.15) is 5.82 Å². The molecule has 0 atom stereocenters. The molecule has 0 saturated carbocycles. The van der Waals surface area contributed by atoms with Crippen LogP contribution in [0.4, 0.5) is 4.39 Å². The van der Waals surface area contributed by atoms with E-state index in [1.54, 1.807) is 6.07 Å². The summed E-state index contributed by atoms with van der Waals surface area (Å²) in [5, 5.41) is 0. The molecule has 0 saturated heterocycles. The third-order valence-electron chi connectivity index (χ3n) is 2.18. The van der Waals surface area contributed by atoms with Crippen molar-refractivity contribution in [1.29, 1.82) is 0 Å². The summed E-state index contributed by atoms with van der Waals surface area (Å²) in [5.41, 5.74) is 6.45. The first kappa shape index (κ1) is 13.6. The fourth-order valence-corrected chi connectivity index (χ4v) is 2.69. The van der Waals surface area contributed by atoms with Crippen LogP contribution >= 0.6 is 12.4 Å². The van der Waals surface area contributed by atoms with Crippen molar-refractivity contribution in [2.75, 3.05) is 6.17 Å². The molecular weight excluding hydrogens is 217 g/mol. The SMILES string of the molecule is C[Si](C)(CN)Cc1ccccc1F.Cl. The first-order chi connectivity index (χ1) is 6.05. The Bertz CT molecular complexity index is 291. The highest BCUT2D eigenvalue weighted by molar-refractivity contribution is 6.77. The standard InChI is InChI=1S/C10H16FNSi.ClH/c1-13(2,8-12)7-9-5-3-4-6-10(9)11;/h3-6H,7-8,12H2,1-2H3;1H. The van der Waals surface area contributed by atoms with E-state index in [0.29, 0.717) is 6.17 Å². The van der Waals surface area contributed by atoms with Crippen molar-refractivity contribution < 1.29 is 4.39 Å². The largest absolute Gasteiger partial charge is 0.333 e. The Kier molecular flexibility index (Phi) is 5.34. The van der Waals surface area contributed by atoms with E-state index in [4.69, 9.17) is 5.73 Å². The van der Waals surface area contributed by atoms with Crippen molar-refractivity contribution in [3.05, 3.63) is 35.6 Å². The Hall–Kier alpha value is -0.383. The fraction of sp³-hybridized carbons (Fsp3) is 0.400. The molecular formula is C10H17ClFNSi. The summed E-state index contributed by atoms with van der Waals surface area (Å²) >= 11 is 0. The Morgan fingerprint density at radius 2 is 1.86 bits per heavy atom. The van der Waals surface area contributed by atoms with E-state index < -0.39 is 8.07 Å². The first-order valence-corrected chi connectivity index (χ1v) is 7.90. The lowest BCUT2D eigenvalue weighted by atomic mass is 10.2. The maximum atomic E-state index is 13.2. The predicted molar refractivity (Wildman–Crippen MR) is 63.9 cm³/mol. The number of halogens is 2. The lowest BCUT2D eigenvalue weighted by Gasteiger charge is -2.19. The Balaban J connectivity index is 0.00000169. The Morgan fingerprint density at radius 1 is 1.29 bits per heavy atom. The van der Waals surface area contributed by atoms with Gasteiger partial charge in [-0.1, -0.05) is 31.3 Å². The zero-order valence-electron chi connectivity index (χ0n) is 8.59. The summed E-state index contributed by atoms with van der Waals surface area (Å²) in [6.07, 6.45) is 0.710. The molecule has 0 fully saturated rings. The summed E-state index contributed by atoms with van der Waals surface area (Å²) < 4.78 is 13.2. The van der Waals surface area contributed by atoms with Crippen LogP contribution in [0, 0.1) is 5.82 Å². The minimum absolute atomic E-state index is 0. The monoisotopic (exact) mass is 233 g/mol. The molecule has 0 amide bonds. The van der Waals surface area contributed by atoms with Gasteiger partial charge < -0.3 is 5.73 Å². The first-order valence-electron chi connectivity index (χ1n) is 4.49. The molecule has 1 aromatic rings. The highest BCUT2D eigenvalue weighted by Gasteiger charge is 2.20. The van der Waals surface area contributed by atoms with Gasteiger partial charge in [0.05, 0.1) is 8.07 Å². The van der Waals surface area contributed by atoms with Gasteiger partial charge in [-0.3, -0.25) is 0 Å². The molecule has 0 aliphatic heterocycles. The van der Waals surface area contributed by atoms with Crippen molar-refractivity contribution >= 4 is 20.5 Å². The number of hydrogen-bond acceptors (Lipinski definition) is 1. The Morgan fingerprint density at radius 3 is 2.36 bits per heavy atom. The van der Waals surface area contributed by atoms with Crippen LogP contribution in [0.3, 0.4) is 0 Å². The van der Waals surface area contributed by atoms with Crippen LogP contribution < -0.4 is 5.73 Å². The molecule has 2 N–H and O–H groups in total. The highest BCUT2D eigenvalue weighted by atomic mass is 35.5. The molecule has 0 aliphatic carbocycles. The minimum atomic E-state index is -1.41. The summed E-state index contributed by atoms with van der Waals surface area (Å²) in [5.74, 6) is -0.100. The van der Waals surface area contributed by atoms with Crippen LogP contribution in [0.15, 0.2) is 24.3 Å². The van der Waals surface area contributed by atoms with E-state index >= 15 is 0 Å². The van der Waals surface area contributed by atoms with Gasteiger partial charge in [-0.25, -0.2) is 4.39 Å². The van der Waals surface area contributed by atoms with Crippen LogP contribution in [0.2, 0.25) is 13.1 Å². The molecule has 4 heteroatoms. The lowest BCUT2D eigenvalue weighted by Crippen LogP contribution is -2.39. The summed E-state index contributed by atoms with van der Waals surface area (Å²) in [4.78, 5) is 0. The number of benzene rings is 1. The molecule has 0 heterocycles. The minimum Gasteiger partial charge on any atom is -0.333 e. The van der Waals surface area contributed by atoms with Gasteiger partial charge in [-0.2, -0.15) is 0 Å². The van der Waals surface area contributed by atoms with Crippen LogP contribution in [0.25, 0.3) is 0 Å². The van der Waals surface area contributed by atoms with E-state index in [0.717, 1.165) is 11.6 Å². The molecule has 0 radical (unpaired) electrons. The predicted octanol–water partition coefficient (Wildman–Crippen LogP) is 2.54. The van der Waals surface area contributed by atoms with Gasteiger partial charge in [-0.15, -0.1) is 12.4 Å². The number of rotatable bonds is 3. The second-order valence-electron chi connectivity index (χ2n) is 4.14. The van der Waals surface area contributed by atoms with Crippen molar-refractivity contribution in [3.8, 4) is 0 Å². The van der Waals surface area contributed by atoms with E-state index in [2.05, 4.69) is 13.1 Å². The van der Waals surface area contributed by atoms with Crippen LogP contribution in [-0.2, 0) is 6.04 Å². The topological polar surface area (TPSA) is 26.0 Å². The fourth-order valence-electron chi connectivity index (χ4n) is 1.23. The van der Waals surface area contributed by atoms with Crippen molar-refractivity contribution in [2.45, 2.75) is 19.1 Å². The van der Waals surface area contributed by atoms with E-state index in [1.165, 1.54) is 6.07 Å². The summed E-state index contributed by atoms with van der Waals surface area (Å²) in [7, 11) is -1.41. The van der Waals surface area contributed by atoms with Gasteiger partial charge in [0, 0.05) is 0 Å². The van der Waals surface area contributed by atoms with Gasteiger partial charge >= 0.3 is 0 Å². The third-order valence-corrected chi connectivity index (χ3v) is 4.62. The molecule has 80 valence electrons. The Labute approximate surface area is 91.9 Å². The molecule has 0 unspecified atom stereocenters. The molecule has 1 aromatic carbocycles. The molecule has 14 heavy (non-hydrogen) atoms. The van der Waals surface area contributed by atoms with E-state index in [9.17, 15) is 4.39 Å². The zero-order valence-corrected chi connectivity index (χ0v) is 10.4. The molecule has 1 rings (SSSR count). The molecule has 0 aromatic heterocycles. The molecule has 0 aliphatic rings. The second-order valence-corrected chi connectivity index (χ2v) is 9.23. The normalized spacial score (nSPS) is 10.9. The van der Waals surface area contributed by atoms with Gasteiger partial charge in [0.15, 0.2) is 0 Å². The summed E-state index contributed by atoms with van der Waals surface area (Å²) in [6, 6.07) is 7.78. The molecule has 1 nitrogen and oxygen atoms in total. The maximum Gasteiger partial charge on any atom is 0.126 e. The smallest absolute Gasteiger partial charge is 0.126 e. The lowest BCUT2D eigenvalue weighted by molar-refractivity contribution is 0.616. The van der Waals surface area contributed by atoms with Gasteiger partial charge in [0.25, 0.3) is 0 Å². The van der Waals surface area contributed by atoms with E-state index in [-0.39, 0.29) is 18.2 Å². The quantitative estimate of drug-likeness (QED) is 0.798. The third kappa shape index (κ3) is 3.78. The van der Waals surface area contributed by atoms with Crippen LogP contribution in [0.1, 0.15) is 5.56 Å².